The largest absolute Gasteiger partial charge is 0.479 e. The van der Waals surface area contributed by atoms with Crippen molar-refractivity contribution in [3.8, 4) is 0 Å². The molecule has 0 aromatic carbocycles. The van der Waals surface area contributed by atoms with Crippen molar-refractivity contribution >= 4 is 11.9 Å². The molecule has 22 unspecified atom stereocenters. The lowest BCUT2D eigenvalue weighted by atomic mass is 9.84. The van der Waals surface area contributed by atoms with Crippen LogP contribution in [0, 0.1) is 118 Å². The number of carboxylic acid groups (broad SMARTS) is 2. The lowest BCUT2D eigenvalue weighted by Gasteiger charge is -2.22. The smallest absolute Gasteiger partial charge is 0.335 e. The SMILES string of the molecule is CC1CCCC2CCC(C2)C(C)CCCC(C)CCC(C)CCCC(C)C2CCC(CCCC(C)CCOCC(C(=O)O)OCCC(C)CCCC3CCC(C3)C(C)CCCC(C)CCC(C)CCCC(C)C3CCC(CCCC(C)CCOC(C(=O)O)COCC1)C3)C2. The molecular formula is C86H160O8. The van der Waals surface area contributed by atoms with Crippen molar-refractivity contribution in [3.05, 3.63) is 0 Å². The first kappa shape index (κ1) is 83.4. The van der Waals surface area contributed by atoms with E-state index >= 15 is 0 Å². The lowest BCUT2D eigenvalue weighted by molar-refractivity contribution is -0.155. The van der Waals surface area contributed by atoms with Crippen LogP contribution in [0.1, 0.15) is 366 Å². The first-order valence-electron chi connectivity index (χ1n) is 42.0. The van der Waals surface area contributed by atoms with Crippen LogP contribution in [0.15, 0.2) is 0 Å². The minimum absolute atomic E-state index is 0.151. The molecule has 4 saturated carbocycles. The van der Waals surface area contributed by atoms with E-state index in [4.69, 9.17) is 18.9 Å². The molecule has 8 heteroatoms. The molecule has 8 nitrogen and oxygen atoms in total. The highest BCUT2D eigenvalue weighted by atomic mass is 16.6. The molecule has 5 fully saturated rings. The standard InChI is InChI=1S/C86H160O8/c1-63-21-13-29-71(9)79-45-41-75(57-79)33-17-25-67(5)49-53-91-61-83(85(87)88)93-55-51-69(7)27-19-35-77-43-47-81(59-77)73(11)31-15-23-65(3)39-40-66(4)24-16-32-74(12)82-48-44-78(60-82)36-20-28-70(8)52-56-94-84(86(89)90)62-92-54-50-68(6)26-18-34-76-42-46-80(58-76)72(10)30-14-22-64(2)38-37-63/h63-84H,13-62H2,1-12H3,(H,87,88)(H,89,90). The van der Waals surface area contributed by atoms with Crippen LogP contribution in [-0.4, -0.2) is 74.0 Å². The van der Waals surface area contributed by atoms with E-state index in [1.165, 1.54) is 257 Å². The normalized spacial score (nSPS) is 39.9. The van der Waals surface area contributed by atoms with Crippen LogP contribution in [0.25, 0.3) is 0 Å². The quantitative estimate of drug-likeness (QED) is 0.281. The Morgan fingerprint density at radius 3 is 0.691 bits per heavy atom. The van der Waals surface area contributed by atoms with E-state index in [-0.39, 0.29) is 13.2 Å². The molecule has 1 saturated heterocycles. The predicted molar refractivity (Wildman–Crippen MR) is 397 cm³/mol. The van der Waals surface area contributed by atoms with Crippen molar-refractivity contribution < 1.29 is 38.7 Å². The summed E-state index contributed by atoms with van der Waals surface area (Å²) in [6, 6.07) is 0. The van der Waals surface area contributed by atoms with Crippen LogP contribution in [0.2, 0.25) is 0 Å². The maximum absolute atomic E-state index is 12.1. The average molecular weight is 1320 g/mol. The summed E-state index contributed by atoms with van der Waals surface area (Å²) in [5.74, 6) is 14.5. The molecule has 0 aromatic rings. The van der Waals surface area contributed by atoms with E-state index in [0.717, 1.165) is 120 Å². The maximum Gasteiger partial charge on any atom is 0.335 e. The van der Waals surface area contributed by atoms with E-state index in [1.54, 1.807) is 0 Å². The summed E-state index contributed by atoms with van der Waals surface area (Å²) < 4.78 is 23.8. The molecular weight excluding hydrogens is 1160 g/mol. The Bertz CT molecular complexity index is 1760. The van der Waals surface area contributed by atoms with Gasteiger partial charge in [-0.25, -0.2) is 9.59 Å². The van der Waals surface area contributed by atoms with Gasteiger partial charge >= 0.3 is 11.9 Å². The third-order valence-corrected chi connectivity index (χ3v) is 27.0. The monoisotopic (exact) mass is 1320 g/mol. The Kier molecular flexibility index (Phi) is 43.1. The van der Waals surface area contributed by atoms with Gasteiger partial charge in [0.15, 0.2) is 12.2 Å². The van der Waals surface area contributed by atoms with Crippen LogP contribution < -0.4 is 0 Å². The number of hydrogen-bond donors (Lipinski definition) is 2. The zero-order chi connectivity index (χ0) is 68.0. The zero-order valence-electron chi connectivity index (χ0n) is 64.4. The van der Waals surface area contributed by atoms with Crippen molar-refractivity contribution in [2.45, 2.75) is 378 Å². The average Bonchev–Trinajstić information content (AvgIpc) is 2.34. The molecule has 0 amide bonds. The summed E-state index contributed by atoms with van der Waals surface area (Å²) in [5.41, 5.74) is 0. The molecule has 0 spiro atoms. The Morgan fingerprint density at radius 2 is 0.457 bits per heavy atom. The minimum Gasteiger partial charge on any atom is -0.479 e. The fourth-order valence-corrected chi connectivity index (χ4v) is 19.1. The number of aliphatic carboxylic acids is 2. The third kappa shape index (κ3) is 35.9. The summed E-state index contributed by atoms with van der Waals surface area (Å²) in [6.45, 7) is 32.2. The Hall–Kier alpha value is -1.22. The van der Waals surface area contributed by atoms with E-state index in [9.17, 15) is 19.8 Å². The third-order valence-electron chi connectivity index (χ3n) is 27.0. The number of carboxylic acids is 2. The summed E-state index contributed by atoms with van der Waals surface area (Å²) in [7, 11) is 0. The molecule has 94 heavy (non-hydrogen) atoms. The highest BCUT2D eigenvalue weighted by molar-refractivity contribution is 5.72. The van der Waals surface area contributed by atoms with E-state index < -0.39 is 24.1 Å². The van der Waals surface area contributed by atoms with Crippen LogP contribution in [-0.2, 0) is 28.5 Å². The molecule has 22 atom stereocenters. The Morgan fingerprint density at radius 1 is 0.245 bits per heavy atom. The molecule has 1 aliphatic heterocycles. The summed E-state index contributed by atoms with van der Waals surface area (Å²) in [6.07, 6.45) is 57.0. The number of fused-ring (bicyclic) bond motifs is 8. The van der Waals surface area contributed by atoms with Gasteiger partial charge in [-0.3, -0.25) is 0 Å². The lowest BCUT2D eigenvalue weighted by Crippen LogP contribution is -2.30. The minimum atomic E-state index is -0.898. The fraction of sp³-hybridized carbons (Fsp3) is 0.977. The van der Waals surface area contributed by atoms with Gasteiger partial charge in [-0.1, -0.05) is 289 Å². The first-order chi connectivity index (χ1) is 45.2. The van der Waals surface area contributed by atoms with Gasteiger partial charge < -0.3 is 29.2 Å². The van der Waals surface area contributed by atoms with E-state index in [0.29, 0.717) is 50.1 Å². The molecule has 4 aliphatic carbocycles. The van der Waals surface area contributed by atoms with Crippen molar-refractivity contribution in [2.75, 3.05) is 39.6 Å². The molecule has 552 valence electrons. The molecule has 1 heterocycles. The molecule has 5 rings (SSSR count). The van der Waals surface area contributed by atoms with Crippen LogP contribution in [0.3, 0.4) is 0 Å². The van der Waals surface area contributed by atoms with Gasteiger partial charge in [0, 0.05) is 26.4 Å². The molecule has 0 radical (unpaired) electrons. The van der Waals surface area contributed by atoms with Crippen LogP contribution in [0.4, 0.5) is 0 Å². The molecule has 2 N–H and O–H groups in total. The number of rotatable bonds is 2. The second-order valence-electron chi connectivity index (χ2n) is 35.8. The summed E-state index contributed by atoms with van der Waals surface area (Å²) in [4.78, 5) is 24.2. The molecule has 8 bridgehead atoms. The highest BCUT2D eigenvalue weighted by Crippen LogP contribution is 2.44. The molecule has 5 aliphatic rings. The van der Waals surface area contributed by atoms with Gasteiger partial charge in [-0.15, -0.1) is 0 Å². The van der Waals surface area contributed by atoms with Crippen molar-refractivity contribution in [3.63, 3.8) is 0 Å². The zero-order valence-corrected chi connectivity index (χ0v) is 64.4. The van der Waals surface area contributed by atoms with Gasteiger partial charge in [0.2, 0.25) is 0 Å². The molecule has 0 aromatic heterocycles. The Labute approximate surface area is 583 Å². The Balaban J connectivity index is 0.977. The first-order valence-corrected chi connectivity index (χ1v) is 42.0. The maximum atomic E-state index is 12.1. The predicted octanol–water partition coefficient (Wildman–Crippen LogP) is 24.8. The van der Waals surface area contributed by atoms with E-state index in [2.05, 4.69) is 83.1 Å². The van der Waals surface area contributed by atoms with Gasteiger partial charge in [0.25, 0.3) is 0 Å². The van der Waals surface area contributed by atoms with Crippen molar-refractivity contribution in [2.24, 2.45) is 118 Å². The second-order valence-corrected chi connectivity index (χ2v) is 35.8. The summed E-state index contributed by atoms with van der Waals surface area (Å²) >= 11 is 0. The second kappa shape index (κ2) is 48.6. The fourth-order valence-electron chi connectivity index (χ4n) is 19.1. The number of ether oxygens (including phenoxy) is 4. The van der Waals surface area contributed by atoms with E-state index in [1.807, 2.05) is 0 Å². The number of hydrogen-bond acceptors (Lipinski definition) is 6. The van der Waals surface area contributed by atoms with Crippen molar-refractivity contribution in [1.29, 1.82) is 0 Å². The summed E-state index contributed by atoms with van der Waals surface area (Å²) in [5, 5.41) is 19.9. The highest BCUT2D eigenvalue weighted by Gasteiger charge is 2.33. The number of carbonyl (C=O) groups is 2. The van der Waals surface area contributed by atoms with Gasteiger partial charge in [0.1, 0.15) is 0 Å². The van der Waals surface area contributed by atoms with Gasteiger partial charge in [0.05, 0.1) is 13.2 Å². The van der Waals surface area contributed by atoms with Crippen LogP contribution in [0.5, 0.6) is 0 Å². The van der Waals surface area contributed by atoms with Crippen molar-refractivity contribution in [1.82, 2.24) is 0 Å². The van der Waals surface area contributed by atoms with Gasteiger partial charge in [-0.2, -0.15) is 0 Å². The van der Waals surface area contributed by atoms with Crippen LogP contribution >= 0.6 is 0 Å². The van der Waals surface area contributed by atoms with Gasteiger partial charge in [-0.05, 0) is 195 Å². The topological polar surface area (TPSA) is 112 Å².